The van der Waals surface area contributed by atoms with Crippen molar-refractivity contribution in [2.45, 2.75) is 25.0 Å². The van der Waals surface area contributed by atoms with Gasteiger partial charge in [0.05, 0.1) is 12.1 Å². The van der Waals surface area contributed by atoms with Gasteiger partial charge in [0.1, 0.15) is 5.82 Å². The van der Waals surface area contributed by atoms with Crippen LogP contribution >= 0.6 is 0 Å². The molecule has 3 heteroatoms. The SMILES string of the molecule is N[C@@H]1c2cc(F)ccc2CC[C@@H]1O. The van der Waals surface area contributed by atoms with Gasteiger partial charge in [-0.05, 0) is 36.1 Å². The molecule has 2 rings (SSSR count). The molecular formula is C10H12FNO. The Morgan fingerprint density at radius 1 is 1.46 bits per heavy atom. The molecule has 0 unspecified atom stereocenters. The van der Waals surface area contributed by atoms with Crippen LogP contribution in [0, 0.1) is 5.82 Å². The first-order valence-corrected chi connectivity index (χ1v) is 4.40. The van der Waals surface area contributed by atoms with E-state index in [0.717, 1.165) is 17.5 Å². The molecule has 1 aromatic carbocycles. The highest BCUT2D eigenvalue weighted by Crippen LogP contribution is 2.28. The van der Waals surface area contributed by atoms with Gasteiger partial charge >= 0.3 is 0 Å². The average Bonchev–Trinajstić information content (AvgIpc) is 2.12. The zero-order valence-electron chi connectivity index (χ0n) is 7.20. The van der Waals surface area contributed by atoms with E-state index in [9.17, 15) is 9.50 Å². The molecule has 0 saturated carbocycles. The van der Waals surface area contributed by atoms with Crippen molar-refractivity contribution >= 4 is 0 Å². The minimum atomic E-state index is -0.533. The van der Waals surface area contributed by atoms with Crippen LogP contribution in [0.4, 0.5) is 4.39 Å². The van der Waals surface area contributed by atoms with Crippen LogP contribution in [0.25, 0.3) is 0 Å². The van der Waals surface area contributed by atoms with Crippen molar-refractivity contribution in [3.63, 3.8) is 0 Å². The molecule has 0 amide bonds. The maximum absolute atomic E-state index is 12.9. The Bertz CT molecular complexity index is 327. The maximum atomic E-state index is 12.9. The van der Waals surface area contributed by atoms with Gasteiger partial charge in [0.25, 0.3) is 0 Å². The fourth-order valence-corrected chi connectivity index (χ4v) is 1.79. The Labute approximate surface area is 76.2 Å². The van der Waals surface area contributed by atoms with E-state index in [1.165, 1.54) is 12.1 Å². The Morgan fingerprint density at radius 2 is 2.23 bits per heavy atom. The van der Waals surface area contributed by atoms with E-state index in [2.05, 4.69) is 0 Å². The van der Waals surface area contributed by atoms with Crippen LogP contribution in [0.5, 0.6) is 0 Å². The summed E-state index contributed by atoms with van der Waals surface area (Å²) in [6, 6.07) is 4.17. The topological polar surface area (TPSA) is 46.2 Å². The fourth-order valence-electron chi connectivity index (χ4n) is 1.79. The second kappa shape index (κ2) is 3.09. The molecule has 0 heterocycles. The number of aryl methyl sites for hydroxylation is 1. The lowest BCUT2D eigenvalue weighted by molar-refractivity contribution is 0.128. The zero-order valence-corrected chi connectivity index (χ0v) is 7.20. The summed E-state index contributed by atoms with van der Waals surface area (Å²) in [6.07, 6.45) is 0.916. The van der Waals surface area contributed by atoms with Crippen molar-refractivity contribution in [3.8, 4) is 0 Å². The largest absolute Gasteiger partial charge is 0.391 e. The van der Waals surface area contributed by atoms with Crippen molar-refractivity contribution in [2.75, 3.05) is 0 Å². The van der Waals surface area contributed by atoms with Crippen LogP contribution in [0.3, 0.4) is 0 Å². The normalized spacial score (nSPS) is 27.0. The molecule has 13 heavy (non-hydrogen) atoms. The van der Waals surface area contributed by atoms with E-state index in [4.69, 9.17) is 5.73 Å². The number of hydrogen-bond acceptors (Lipinski definition) is 2. The molecule has 3 N–H and O–H groups in total. The summed E-state index contributed by atoms with van der Waals surface area (Å²) >= 11 is 0. The van der Waals surface area contributed by atoms with Gasteiger partial charge in [0.2, 0.25) is 0 Å². The molecule has 1 aromatic rings. The highest BCUT2D eigenvalue weighted by molar-refractivity contribution is 5.33. The summed E-state index contributed by atoms with van der Waals surface area (Å²) < 4.78 is 12.9. The number of hydrogen-bond donors (Lipinski definition) is 2. The van der Waals surface area contributed by atoms with Gasteiger partial charge in [0.15, 0.2) is 0 Å². The minimum absolute atomic E-state index is 0.289. The molecule has 0 aliphatic heterocycles. The molecule has 0 spiro atoms. The van der Waals surface area contributed by atoms with Gasteiger partial charge in [-0.1, -0.05) is 6.07 Å². The van der Waals surface area contributed by atoms with Crippen molar-refractivity contribution in [1.29, 1.82) is 0 Å². The first-order valence-electron chi connectivity index (χ1n) is 4.40. The average molecular weight is 181 g/mol. The van der Waals surface area contributed by atoms with Crippen molar-refractivity contribution in [2.24, 2.45) is 5.73 Å². The number of fused-ring (bicyclic) bond motifs is 1. The minimum Gasteiger partial charge on any atom is -0.391 e. The molecule has 0 aromatic heterocycles. The Balaban J connectivity index is 2.45. The summed E-state index contributed by atoms with van der Waals surface area (Å²) in [7, 11) is 0. The molecule has 0 fully saturated rings. The van der Waals surface area contributed by atoms with E-state index in [1.54, 1.807) is 6.07 Å². The lowest BCUT2D eigenvalue weighted by atomic mass is 9.86. The number of nitrogens with two attached hydrogens (primary N) is 1. The molecule has 0 radical (unpaired) electrons. The van der Waals surface area contributed by atoms with Crippen molar-refractivity contribution < 1.29 is 9.50 Å². The zero-order chi connectivity index (χ0) is 9.42. The van der Waals surface area contributed by atoms with Gasteiger partial charge in [-0.2, -0.15) is 0 Å². The summed E-state index contributed by atoms with van der Waals surface area (Å²) in [5.74, 6) is -0.289. The lowest BCUT2D eigenvalue weighted by Gasteiger charge is -2.27. The number of benzene rings is 1. The molecule has 2 nitrogen and oxygen atoms in total. The Kier molecular flexibility index (Phi) is 2.06. The van der Waals surface area contributed by atoms with Crippen LogP contribution in [-0.4, -0.2) is 11.2 Å². The third-order valence-corrected chi connectivity index (χ3v) is 2.59. The van der Waals surface area contributed by atoms with Crippen molar-refractivity contribution in [3.05, 3.63) is 35.1 Å². The summed E-state index contributed by atoms with van der Waals surface area (Å²) in [5, 5.41) is 9.47. The summed E-state index contributed by atoms with van der Waals surface area (Å²) in [6.45, 7) is 0. The first-order chi connectivity index (χ1) is 6.18. The number of rotatable bonds is 0. The standard InChI is InChI=1S/C10H12FNO/c11-7-3-1-6-2-4-9(13)10(12)8(6)5-7/h1,3,5,9-10,13H,2,4,12H2/t9-,10+/m0/s1. The lowest BCUT2D eigenvalue weighted by Crippen LogP contribution is -2.31. The molecule has 0 bridgehead atoms. The smallest absolute Gasteiger partial charge is 0.123 e. The van der Waals surface area contributed by atoms with E-state index < -0.39 is 12.1 Å². The summed E-state index contributed by atoms with van der Waals surface area (Å²) in [4.78, 5) is 0. The molecule has 2 atom stereocenters. The van der Waals surface area contributed by atoms with E-state index in [0.29, 0.717) is 6.42 Å². The summed E-state index contributed by atoms with van der Waals surface area (Å²) in [5.41, 5.74) is 7.55. The van der Waals surface area contributed by atoms with E-state index in [-0.39, 0.29) is 5.82 Å². The van der Waals surface area contributed by atoms with Crippen LogP contribution < -0.4 is 5.73 Å². The van der Waals surface area contributed by atoms with E-state index >= 15 is 0 Å². The second-order valence-electron chi connectivity index (χ2n) is 3.47. The van der Waals surface area contributed by atoms with Crippen LogP contribution in [-0.2, 0) is 6.42 Å². The monoisotopic (exact) mass is 181 g/mol. The maximum Gasteiger partial charge on any atom is 0.123 e. The quantitative estimate of drug-likeness (QED) is 0.630. The third kappa shape index (κ3) is 1.45. The first kappa shape index (κ1) is 8.66. The number of aliphatic hydroxyl groups excluding tert-OH is 1. The molecule has 70 valence electrons. The van der Waals surface area contributed by atoms with Crippen molar-refractivity contribution in [1.82, 2.24) is 0 Å². The Morgan fingerprint density at radius 3 is 3.00 bits per heavy atom. The molecule has 0 saturated heterocycles. The van der Waals surface area contributed by atoms with Crippen LogP contribution in [0.2, 0.25) is 0 Å². The van der Waals surface area contributed by atoms with Gasteiger partial charge in [-0.3, -0.25) is 0 Å². The Hall–Kier alpha value is -0.930. The van der Waals surface area contributed by atoms with E-state index in [1.807, 2.05) is 0 Å². The molecule has 1 aliphatic carbocycles. The number of halogens is 1. The van der Waals surface area contributed by atoms with Gasteiger partial charge in [-0.15, -0.1) is 0 Å². The van der Waals surface area contributed by atoms with Gasteiger partial charge in [-0.25, -0.2) is 4.39 Å². The molecule has 1 aliphatic rings. The fraction of sp³-hybridized carbons (Fsp3) is 0.400. The predicted molar refractivity (Wildman–Crippen MR) is 47.7 cm³/mol. The highest BCUT2D eigenvalue weighted by Gasteiger charge is 2.24. The van der Waals surface area contributed by atoms with Gasteiger partial charge < -0.3 is 10.8 Å². The predicted octanol–water partition coefficient (Wildman–Crippen LogP) is 1.13. The third-order valence-electron chi connectivity index (χ3n) is 2.59. The molecular weight excluding hydrogens is 169 g/mol. The number of aliphatic hydroxyl groups is 1. The highest BCUT2D eigenvalue weighted by atomic mass is 19.1. The van der Waals surface area contributed by atoms with Crippen LogP contribution in [0.1, 0.15) is 23.6 Å². The van der Waals surface area contributed by atoms with Crippen LogP contribution in [0.15, 0.2) is 18.2 Å². The second-order valence-corrected chi connectivity index (χ2v) is 3.47. The van der Waals surface area contributed by atoms with Gasteiger partial charge in [0, 0.05) is 0 Å².